The van der Waals surface area contributed by atoms with Gasteiger partial charge in [-0.05, 0) is 23.5 Å². The van der Waals surface area contributed by atoms with Gasteiger partial charge in [-0.3, -0.25) is 11.3 Å². The van der Waals surface area contributed by atoms with E-state index in [2.05, 4.69) is 19.3 Å². The fraction of sp³-hybridized carbons (Fsp3) is 0.538. The lowest BCUT2D eigenvalue weighted by atomic mass is 9.97. The number of benzene rings is 1. The minimum absolute atomic E-state index is 0.465. The molecule has 0 bridgehead atoms. The third-order valence-corrected chi connectivity index (χ3v) is 2.63. The molecule has 1 rings (SSSR count). The van der Waals surface area contributed by atoms with Crippen LogP contribution in [-0.4, -0.2) is 6.18 Å². The Bertz CT molecular complexity index is 375. The third kappa shape index (κ3) is 5.06. The van der Waals surface area contributed by atoms with E-state index >= 15 is 0 Å². The van der Waals surface area contributed by atoms with Crippen molar-refractivity contribution in [1.29, 1.82) is 0 Å². The molecule has 2 nitrogen and oxygen atoms in total. The molecular weight excluding hydrogens is 241 g/mol. The topological polar surface area (TPSA) is 38.0 Å². The van der Waals surface area contributed by atoms with E-state index in [9.17, 15) is 13.2 Å². The molecule has 1 atom stereocenters. The van der Waals surface area contributed by atoms with Gasteiger partial charge >= 0.3 is 6.18 Å². The van der Waals surface area contributed by atoms with Gasteiger partial charge in [0.05, 0.1) is 12.5 Å². The van der Waals surface area contributed by atoms with Crippen molar-refractivity contribution in [3.05, 3.63) is 35.4 Å². The minimum Gasteiger partial charge on any atom is -0.271 e. The molecule has 1 aromatic carbocycles. The molecule has 0 aliphatic rings. The molecule has 0 aliphatic heterocycles. The molecule has 0 radical (unpaired) electrons. The third-order valence-electron chi connectivity index (χ3n) is 2.63. The molecule has 0 aromatic heterocycles. The van der Waals surface area contributed by atoms with Crippen molar-refractivity contribution in [2.24, 2.45) is 11.8 Å². The summed E-state index contributed by atoms with van der Waals surface area (Å²) < 4.78 is 37.2. The summed E-state index contributed by atoms with van der Waals surface area (Å²) in [6.07, 6.45) is -4.35. The van der Waals surface area contributed by atoms with Crippen LogP contribution in [-0.2, 0) is 6.42 Å². The fourth-order valence-electron chi connectivity index (χ4n) is 1.91. The highest BCUT2D eigenvalue weighted by atomic mass is 19.4. The first kappa shape index (κ1) is 15.0. The lowest BCUT2D eigenvalue weighted by Gasteiger charge is -2.19. The summed E-state index contributed by atoms with van der Waals surface area (Å²) in [6.45, 7) is 4.14. The Morgan fingerprint density at radius 1 is 1.28 bits per heavy atom. The molecule has 102 valence electrons. The van der Waals surface area contributed by atoms with Crippen LogP contribution in [0.15, 0.2) is 24.3 Å². The van der Waals surface area contributed by atoms with E-state index in [0.29, 0.717) is 11.5 Å². The standard InChI is InChI=1S/C13H19F3N2/c1-9(2)6-10-4-3-5-11(7-10)12(18-17)8-13(14,15)16/h3-5,7,9,12,18H,6,8,17H2,1-2H3. The lowest BCUT2D eigenvalue weighted by Crippen LogP contribution is -2.31. The average Bonchev–Trinajstić information content (AvgIpc) is 2.24. The summed E-state index contributed by atoms with van der Waals surface area (Å²) in [5.74, 6) is 5.68. The Kier molecular flexibility index (Phi) is 5.16. The number of hydrogen-bond donors (Lipinski definition) is 2. The lowest BCUT2D eigenvalue weighted by molar-refractivity contribution is -0.140. The fourth-order valence-corrected chi connectivity index (χ4v) is 1.91. The maximum Gasteiger partial charge on any atom is 0.390 e. The number of hydrazine groups is 1. The Morgan fingerprint density at radius 2 is 1.94 bits per heavy atom. The Labute approximate surface area is 105 Å². The van der Waals surface area contributed by atoms with Gasteiger partial charge in [0.2, 0.25) is 0 Å². The average molecular weight is 260 g/mol. The normalized spacial score (nSPS) is 13.9. The van der Waals surface area contributed by atoms with Crippen molar-refractivity contribution in [3.63, 3.8) is 0 Å². The first-order chi connectivity index (χ1) is 8.31. The summed E-state index contributed by atoms with van der Waals surface area (Å²) in [5.41, 5.74) is 3.84. The predicted molar refractivity (Wildman–Crippen MR) is 65.7 cm³/mol. The summed E-state index contributed by atoms with van der Waals surface area (Å²) >= 11 is 0. The zero-order valence-electron chi connectivity index (χ0n) is 10.6. The molecule has 0 amide bonds. The van der Waals surface area contributed by atoms with Crippen LogP contribution in [0, 0.1) is 5.92 Å². The molecule has 0 heterocycles. The highest BCUT2D eigenvalue weighted by Crippen LogP contribution is 2.29. The largest absolute Gasteiger partial charge is 0.390 e. The van der Waals surface area contributed by atoms with Crippen LogP contribution in [0.5, 0.6) is 0 Å². The second-order valence-electron chi connectivity index (χ2n) is 4.88. The van der Waals surface area contributed by atoms with E-state index in [1.54, 1.807) is 18.2 Å². The van der Waals surface area contributed by atoms with E-state index in [0.717, 1.165) is 12.0 Å². The Balaban J connectivity index is 2.86. The van der Waals surface area contributed by atoms with Crippen molar-refractivity contribution in [1.82, 2.24) is 5.43 Å². The second kappa shape index (κ2) is 6.20. The van der Waals surface area contributed by atoms with E-state index in [-0.39, 0.29) is 0 Å². The smallest absolute Gasteiger partial charge is 0.271 e. The van der Waals surface area contributed by atoms with Crippen LogP contribution in [0.3, 0.4) is 0 Å². The summed E-state index contributed by atoms with van der Waals surface area (Å²) in [6, 6.07) is 6.26. The second-order valence-corrected chi connectivity index (χ2v) is 4.88. The molecule has 3 N–H and O–H groups in total. The van der Waals surface area contributed by atoms with E-state index < -0.39 is 18.6 Å². The Morgan fingerprint density at radius 3 is 2.44 bits per heavy atom. The summed E-state index contributed by atoms with van der Waals surface area (Å²) in [4.78, 5) is 0. The minimum atomic E-state index is -4.23. The highest BCUT2D eigenvalue weighted by molar-refractivity contribution is 5.26. The molecular formula is C13H19F3N2. The molecule has 18 heavy (non-hydrogen) atoms. The van der Waals surface area contributed by atoms with Gasteiger partial charge in [0.1, 0.15) is 0 Å². The van der Waals surface area contributed by atoms with E-state index in [1.807, 2.05) is 6.07 Å². The number of nitrogens with two attached hydrogens (primary N) is 1. The molecule has 1 unspecified atom stereocenters. The first-order valence-electron chi connectivity index (χ1n) is 5.93. The molecule has 0 aliphatic carbocycles. The number of halogens is 3. The van der Waals surface area contributed by atoms with E-state index in [1.165, 1.54) is 0 Å². The van der Waals surface area contributed by atoms with Crippen LogP contribution in [0.25, 0.3) is 0 Å². The van der Waals surface area contributed by atoms with Gasteiger partial charge < -0.3 is 0 Å². The van der Waals surface area contributed by atoms with Crippen LogP contribution < -0.4 is 11.3 Å². The molecule has 0 saturated heterocycles. The van der Waals surface area contributed by atoms with Gasteiger partial charge in [-0.2, -0.15) is 13.2 Å². The van der Waals surface area contributed by atoms with Crippen LogP contribution in [0.1, 0.15) is 37.4 Å². The van der Waals surface area contributed by atoms with Crippen molar-refractivity contribution < 1.29 is 13.2 Å². The van der Waals surface area contributed by atoms with Crippen LogP contribution in [0.4, 0.5) is 13.2 Å². The van der Waals surface area contributed by atoms with Gasteiger partial charge in [0.15, 0.2) is 0 Å². The van der Waals surface area contributed by atoms with Crippen LogP contribution in [0.2, 0.25) is 0 Å². The van der Waals surface area contributed by atoms with Crippen molar-refractivity contribution >= 4 is 0 Å². The zero-order valence-corrected chi connectivity index (χ0v) is 10.6. The van der Waals surface area contributed by atoms with Crippen molar-refractivity contribution in [3.8, 4) is 0 Å². The van der Waals surface area contributed by atoms with Gasteiger partial charge in [0.25, 0.3) is 0 Å². The zero-order chi connectivity index (χ0) is 13.8. The quantitative estimate of drug-likeness (QED) is 0.629. The molecule has 0 fully saturated rings. The summed E-state index contributed by atoms with van der Waals surface area (Å²) in [5, 5.41) is 0. The maximum absolute atomic E-state index is 12.4. The Hall–Kier alpha value is -1.07. The summed E-state index contributed by atoms with van der Waals surface area (Å²) in [7, 11) is 0. The SMILES string of the molecule is CC(C)Cc1cccc(C(CC(F)(F)F)NN)c1. The predicted octanol–water partition coefficient (Wildman–Crippen LogP) is 3.34. The molecule has 1 aromatic rings. The first-order valence-corrected chi connectivity index (χ1v) is 5.93. The number of nitrogens with one attached hydrogen (secondary N) is 1. The van der Waals surface area contributed by atoms with E-state index in [4.69, 9.17) is 5.84 Å². The van der Waals surface area contributed by atoms with Crippen molar-refractivity contribution in [2.75, 3.05) is 0 Å². The monoisotopic (exact) mass is 260 g/mol. The van der Waals surface area contributed by atoms with Gasteiger partial charge in [-0.25, -0.2) is 0 Å². The van der Waals surface area contributed by atoms with Crippen molar-refractivity contribution in [2.45, 2.75) is 38.9 Å². The van der Waals surface area contributed by atoms with Gasteiger partial charge in [-0.1, -0.05) is 38.1 Å². The molecule has 0 saturated carbocycles. The number of hydrogen-bond acceptors (Lipinski definition) is 2. The molecule has 5 heteroatoms. The molecule has 0 spiro atoms. The van der Waals surface area contributed by atoms with Gasteiger partial charge in [-0.15, -0.1) is 0 Å². The highest BCUT2D eigenvalue weighted by Gasteiger charge is 2.32. The van der Waals surface area contributed by atoms with Crippen LogP contribution >= 0.6 is 0 Å². The maximum atomic E-state index is 12.4. The van der Waals surface area contributed by atoms with Gasteiger partial charge in [0, 0.05) is 0 Å². The number of rotatable bonds is 5. The number of alkyl halides is 3.